The molecule has 0 spiro atoms. The highest BCUT2D eigenvalue weighted by Gasteiger charge is 2.18. The molecule has 6 rings (SSSR count). The van der Waals surface area contributed by atoms with Gasteiger partial charge in [0, 0.05) is 28.9 Å². The third kappa shape index (κ3) is 3.65. The number of aromatic nitrogens is 5. The van der Waals surface area contributed by atoms with Crippen LogP contribution in [-0.2, 0) is 0 Å². The van der Waals surface area contributed by atoms with E-state index in [0.717, 1.165) is 27.7 Å². The van der Waals surface area contributed by atoms with Crippen LogP contribution in [0.5, 0.6) is 0 Å². The lowest BCUT2D eigenvalue weighted by atomic mass is 10.1. The van der Waals surface area contributed by atoms with Crippen LogP contribution in [0.1, 0.15) is 21.5 Å². The number of amides is 1. The molecule has 0 bridgehead atoms. The molecule has 0 fully saturated rings. The fourth-order valence-corrected chi connectivity index (χ4v) is 4.22. The SMILES string of the molecule is Cc1cc(-n2ncc(C#N)c2NC(=O)c2ccn3cc(-c4ccccc4)nc3c2)nc2ccccc12. The Balaban J connectivity index is 1.35. The van der Waals surface area contributed by atoms with E-state index >= 15 is 0 Å². The lowest BCUT2D eigenvalue weighted by molar-refractivity contribution is 0.102. The number of anilines is 1. The Morgan fingerprint density at radius 3 is 2.64 bits per heavy atom. The molecule has 0 unspecified atom stereocenters. The van der Waals surface area contributed by atoms with Gasteiger partial charge in [-0.2, -0.15) is 15.0 Å². The molecule has 6 aromatic rings. The number of rotatable bonds is 4. The second-order valence-electron chi connectivity index (χ2n) is 8.37. The summed E-state index contributed by atoms with van der Waals surface area (Å²) in [7, 11) is 0. The van der Waals surface area contributed by atoms with Crippen LogP contribution in [0.15, 0.2) is 91.4 Å². The molecule has 172 valence electrons. The standard InChI is InChI=1S/C28H19N7O/c1-18-13-26(31-23-10-6-5-9-22(18)23)35-27(21(15-29)16-30-35)33-28(36)20-11-12-34-17-24(32-25(34)14-20)19-7-3-2-4-8-19/h2-14,16-17H,1H3,(H,33,36). The number of hydrogen-bond donors (Lipinski definition) is 1. The molecule has 0 radical (unpaired) electrons. The van der Waals surface area contributed by atoms with Gasteiger partial charge in [-0.15, -0.1) is 0 Å². The fraction of sp³-hybridized carbons (Fsp3) is 0.0357. The van der Waals surface area contributed by atoms with Crippen LogP contribution in [0.2, 0.25) is 0 Å². The highest BCUT2D eigenvalue weighted by Crippen LogP contribution is 2.25. The van der Waals surface area contributed by atoms with Gasteiger partial charge >= 0.3 is 0 Å². The first kappa shape index (κ1) is 21.3. The monoisotopic (exact) mass is 469 g/mol. The zero-order valence-corrected chi connectivity index (χ0v) is 19.3. The van der Waals surface area contributed by atoms with Crippen molar-refractivity contribution in [3.05, 3.63) is 108 Å². The van der Waals surface area contributed by atoms with E-state index in [2.05, 4.69) is 21.5 Å². The number of para-hydroxylation sites is 1. The van der Waals surface area contributed by atoms with Gasteiger partial charge in [-0.05, 0) is 36.8 Å². The first-order valence-electron chi connectivity index (χ1n) is 11.3. The lowest BCUT2D eigenvalue weighted by Gasteiger charge is -2.11. The maximum Gasteiger partial charge on any atom is 0.257 e. The van der Waals surface area contributed by atoms with Crippen molar-refractivity contribution in [3.8, 4) is 23.1 Å². The second kappa shape index (κ2) is 8.49. The number of pyridine rings is 2. The molecule has 0 aliphatic rings. The van der Waals surface area contributed by atoms with Crippen molar-refractivity contribution in [1.29, 1.82) is 5.26 Å². The molecule has 1 N–H and O–H groups in total. The summed E-state index contributed by atoms with van der Waals surface area (Å²) in [6.45, 7) is 1.99. The topological polar surface area (TPSA) is 101 Å². The highest BCUT2D eigenvalue weighted by atomic mass is 16.1. The minimum atomic E-state index is -0.377. The quantitative estimate of drug-likeness (QED) is 0.384. The Hall–Kier alpha value is -5.29. The van der Waals surface area contributed by atoms with E-state index in [1.54, 1.807) is 18.3 Å². The number of carbonyl (C=O) groups excluding carboxylic acids is 1. The van der Waals surface area contributed by atoms with E-state index in [-0.39, 0.29) is 17.3 Å². The van der Waals surface area contributed by atoms with Gasteiger partial charge in [0.05, 0.1) is 17.4 Å². The molecule has 8 heteroatoms. The van der Waals surface area contributed by atoms with Gasteiger partial charge in [0.1, 0.15) is 17.3 Å². The summed E-state index contributed by atoms with van der Waals surface area (Å²) in [6.07, 6.45) is 5.13. The van der Waals surface area contributed by atoms with Crippen LogP contribution >= 0.6 is 0 Å². The second-order valence-corrected chi connectivity index (χ2v) is 8.37. The van der Waals surface area contributed by atoms with Gasteiger partial charge in [0.2, 0.25) is 0 Å². The average Bonchev–Trinajstić information content (AvgIpc) is 3.52. The van der Waals surface area contributed by atoms with E-state index in [4.69, 9.17) is 4.98 Å². The van der Waals surface area contributed by atoms with Gasteiger partial charge in [-0.25, -0.2) is 9.97 Å². The number of nitriles is 1. The largest absolute Gasteiger partial charge is 0.306 e. The molecular weight excluding hydrogens is 450 g/mol. The van der Waals surface area contributed by atoms with Crippen LogP contribution in [0, 0.1) is 18.3 Å². The number of aryl methyl sites for hydroxylation is 1. The third-order valence-electron chi connectivity index (χ3n) is 6.04. The number of nitrogens with zero attached hydrogens (tertiary/aromatic N) is 6. The molecule has 4 heterocycles. The van der Waals surface area contributed by atoms with Crippen molar-refractivity contribution in [2.24, 2.45) is 0 Å². The molecule has 2 aromatic carbocycles. The van der Waals surface area contributed by atoms with Crippen LogP contribution in [0.4, 0.5) is 5.82 Å². The zero-order chi connectivity index (χ0) is 24.6. The molecule has 0 aliphatic heterocycles. The maximum absolute atomic E-state index is 13.2. The molecule has 1 amide bonds. The summed E-state index contributed by atoms with van der Waals surface area (Å²) in [5.41, 5.74) is 4.92. The highest BCUT2D eigenvalue weighted by molar-refractivity contribution is 6.05. The Kier molecular flexibility index (Phi) is 5.01. The maximum atomic E-state index is 13.2. The molecule has 0 atom stereocenters. The van der Waals surface area contributed by atoms with Crippen LogP contribution in [-0.4, -0.2) is 30.1 Å². The van der Waals surface area contributed by atoms with Crippen molar-refractivity contribution in [3.63, 3.8) is 0 Å². The van der Waals surface area contributed by atoms with E-state index < -0.39 is 0 Å². The molecule has 0 saturated heterocycles. The predicted molar refractivity (Wildman–Crippen MR) is 137 cm³/mol. The summed E-state index contributed by atoms with van der Waals surface area (Å²) >= 11 is 0. The number of benzene rings is 2. The van der Waals surface area contributed by atoms with Crippen molar-refractivity contribution >= 4 is 28.3 Å². The third-order valence-corrected chi connectivity index (χ3v) is 6.04. The number of imidazole rings is 1. The Labute approximate surface area is 206 Å². The number of nitrogens with one attached hydrogen (secondary N) is 1. The average molecular weight is 470 g/mol. The van der Waals surface area contributed by atoms with Crippen LogP contribution in [0.25, 0.3) is 33.6 Å². The molecular formula is C28H19N7O. The molecule has 4 aromatic heterocycles. The van der Waals surface area contributed by atoms with Gasteiger partial charge in [-0.3, -0.25) is 4.79 Å². The Morgan fingerprint density at radius 2 is 1.81 bits per heavy atom. The number of hydrogen-bond acceptors (Lipinski definition) is 5. The molecule has 8 nitrogen and oxygen atoms in total. The minimum absolute atomic E-state index is 0.240. The first-order valence-corrected chi connectivity index (χ1v) is 11.3. The number of fused-ring (bicyclic) bond motifs is 2. The molecule has 0 aliphatic carbocycles. The van der Waals surface area contributed by atoms with Crippen LogP contribution in [0.3, 0.4) is 0 Å². The van der Waals surface area contributed by atoms with Gasteiger partial charge in [0.25, 0.3) is 5.91 Å². The number of carbonyl (C=O) groups is 1. The van der Waals surface area contributed by atoms with Gasteiger partial charge < -0.3 is 9.72 Å². The summed E-state index contributed by atoms with van der Waals surface area (Å²) in [5.74, 6) is 0.398. The van der Waals surface area contributed by atoms with Crippen molar-refractivity contribution in [2.75, 3.05) is 5.32 Å². The summed E-state index contributed by atoms with van der Waals surface area (Å²) in [4.78, 5) is 22.6. The van der Waals surface area contributed by atoms with Crippen LogP contribution < -0.4 is 5.32 Å². The van der Waals surface area contributed by atoms with Gasteiger partial charge in [0.15, 0.2) is 11.6 Å². The van der Waals surface area contributed by atoms with E-state index in [0.29, 0.717) is 17.0 Å². The van der Waals surface area contributed by atoms with E-state index in [9.17, 15) is 10.1 Å². The van der Waals surface area contributed by atoms with E-state index in [1.807, 2.05) is 78.2 Å². The lowest BCUT2D eigenvalue weighted by Crippen LogP contribution is -2.16. The smallest absolute Gasteiger partial charge is 0.257 e. The zero-order valence-electron chi connectivity index (χ0n) is 19.3. The van der Waals surface area contributed by atoms with Gasteiger partial charge in [-0.1, -0.05) is 48.5 Å². The summed E-state index contributed by atoms with van der Waals surface area (Å²) in [6, 6.07) is 25.1. The first-order chi connectivity index (χ1) is 17.6. The van der Waals surface area contributed by atoms with Crippen molar-refractivity contribution in [1.82, 2.24) is 24.1 Å². The van der Waals surface area contributed by atoms with Crippen molar-refractivity contribution in [2.45, 2.75) is 6.92 Å². The van der Waals surface area contributed by atoms with E-state index in [1.165, 1.54) is 10.9 Å². The normalized spacial score (nSPS) is 11.0. The Morgan fingerprint density at radius 1 is 1.00 bits per heavy atom. The minimum Gasteiger partial charge on any atom is -0.306 e. The predicted octanol–water partition coefficient (Wildman–Crippen LogP) is 5.17. The molecule has 36 heavy (non-hydrogen) atoms. The van der Waals surface area contributed by atoms with Crippen molar-refractivity contribution < 1.29 is 4.79 Å². The fourth-order valence-electron chi connectivity index (χ4n) is 4.22. The molecule has 0 saturated carbocycles. The summed E-state index contributed by atoms with van der Waals surface area (Å²) in [5, 5.41) is 17.9. The summed E-state index contributed by atoms with van der Waals surface area (Å²) < 4.78 is 3.35. The Bertz CT molecular complexity index is 1810.